The van der Waals surface area contributed by atoms with E-state index in [1.165, 1.54) is 6.07 Å². The van der Waals surface area contributed by atoms with Crippen molar-refractivity contribution in [1.82, 2.24) is 34.6 Å². The predicted molar refractivity (Wildman–Crippen MR) is 106 cm³/mol. The van der Waals surface area contributed by atoms with Crippen LogP contribution in [0.15, 0.2) is 36.4 Å². The molecule has 8 nitrogen and oxygen atoms in total. The molecule has 0 bridgehead atoms. The molecule has 1 aliphatic rings. The van der Waals surface area contributed by atoms with Gasteiger partial charge in [0, 0.05) is 19.0 Å². The molecule has 0 fully saturated rings. The fourth-order valence-corrected chi connectivity index (χ4v) is 3.89. The van der Waals surface area contributed by atoms with Gasteiger partial charge in [-0.05, 0) is 31.2 Å². The number of halogens is 1. The molecule has 4 heterocycles. The van der Waals surface area contributed by atoms with Gasteiger partial charge in [0.2, 0.25) is 0 Å². The Kier molecular flexibility index (Phi) is 4.04. The summed E-state index contributed by atoms with van der Waals surface area (Å²) >= 11 is 0. The molecular weight excluding hydrogens is 371 g/mol. The van der Waals surface area contributed by atoms with Crippen molar-refractivity contribution in [3.05, 3.63) is 53.9 Å². The third-order valence-corrected chi connectivity index (χ3v) is 5.39. The van der Waals surface area contributed by atoms with Crippen LogP contribution in [0.4, 0.5) is 10.2 Å². The summed E-state index contributed by atoms with van der Waals surface area (Å²) in [5.41, 5.74) is 0.944. The Hall–Kier alpha value is -3.36. The number of rotatable bonds is 3. The first-order valence-corrected chi connectivity index (χ1v) is 9.71. The topological polar surface area (TPSA) is 77.0 Å². The maximum absolute atomic E-state index is 14.3. The molecule has 0 aliphatic carbocycles. The van der Waals surface area contributed by atoms with Crippen molar-refractivity contribution >= 4 is 11.5 Å². The molecule has 1 atom stereocenters. The Bertz CT molecular complexity index is 1190. The Balaban J connectivity index is 1.56. The highest BCUT2D eigenvalue weighted by Crippen LogP contribution is 2.30. The zero-order valence-corrected chi connectivity index (χ0v) is 16.5. The van der Waals surface area contributed by atoms with Crippen LogP contribution in [-0.4, -0.2) is 41.1 Å². The Morgan fingerprint density at radius 1 is 1.00 bits per heavy atom. The highest BCUT2D eigenvalue weighted by Gasteiger charge is 2.30. The van der Waals surface area contributed by atoms with Gasteiger partial charge in [0.1, 0.15) is 17.5 Å². The zero-order valence-electron chi connectivity index (χ0n) is 16.5. The van der Waals surface area contributed by atoms with Crippen LogP contribution in [0, 0.1) is 5.82 Å². The molecule has 0 spiro atoms. The van der Waals surface area contributed by atoms with Crippen LogP contribution in [0.25, 0.3) is 17.0 Å². The van der Waals surface area contributed by atoms with Crippen LogP contribution < -0.4 is 4.90 Å². The first-order valence-electron chi connectivity index (χ1n) is 9.71. The molecule has 1 aliphatic heterocycles. The number of anilines is 1. The van der Waals surface area contributed by atoms with E-state index in [2.05, 4.69) is 50.6 Å². The molecule has 29 heavy (non-hydrogen) atoms. The smallest absolute Gasteiger partial charge is 0.188 e. The van der Waals surface area contributed by atoms with Gasteiger partial charge in [0.25, 0.3) is 0 Å². The van der Waals surface area contributed by atoms with Crippen molar-refractivity contribution in [2.75, 3.05) is 11.4 Å². The summed E-state index contributed by atoms with van der Waals surface area (Å²) in [6, 6.07) is 10.3. The Morgan fingerprint density at radius 3 is 2.62 bits per heavy atom. The quantitative estimate of drug-likeness (QED) is 0.533. The average molecular weight is 392 g/mol. The molecule has 5 rings (SSSR count). The Labute approximate surface area is 167 Å². The number of hydrogen-bond acceptors (Lipinski definition) is 6. The lowest BCUT2D eigenvalue weighted by atomic mass is 10.1. The van der Waals surface area contributed by atoms with Crippen LogP contribution >= 0.6 is 0 Å². The van der Waals surface area contributed by atoms with E-state index in [9.17, 15) is 4.39 Å². The van der Waals surface area contributed by atoms with Gasteiger partial charge >= 0.3 is 0 Å². The third-order valence-electron chi connectivity index (χ3n) is 5.39. The van der Waals surface area contributed by atoms with E-state index in [4.69, 9.17) is 5.10 Å². The first kappa shape index (κ1) is 17.7. The van der Waals surface area contributed by atoms with E-state index in [0.29, 0.717) is 23.0 Å². The molecule has 1 aromatic carbocycles. The summed E-state index contributed by atoms with van der Waals surface area (Å²) in [5, 5.41) is 21.8. The summed E-state index contributed by atoms with van der Waals surface area (Å²) in [4.78, 5) is 2.18. The highest BCUT2D eigenvalue weighted by molar-refractivity contribution is 5.60. The second-order valence-corrected chi connectivity index (χ2v) is 7.56. The minimum Gasteiger partial charge on any atom is -0.343 e. The summed E-state index contributed by atoms with van der Waals surface area (Å²) in [6.07, 6.45) is 0. The first-order chi connectivity index (χ1) is 14.0. The number of fused-ring (bicyclic) bond motifs is 2. The maximum atomic E-state index is 14.3. The summed E-state index contributed by atoms with van der Waals surface area (Å²) in [7, 11) is 0. The van der Waals surface area contributed by atoms with Gasteiger partial charge in [-0.2, -0.15) is 4.52 Å². The second-order valence-electron chi connectivity index (χ2n) is 7.56. The van der Waals surface area contributed by atoms with Crippen LogP contribution in [0.3, 0.4) is 0 Å². The Morgan fingerprint density at radius 2 is 1.83 bits per heavy atom. The molecule has 9 heteroatoms. The summed E-state index contributed by atoms with van der Waals surface area (Å²) < 4.78 is 18.1. The number of nitrogens with zero attached hydrogens (tertiary/aromatic N) is 8. The van der Waals surface area contributed by atoms with Crippen LogP contribution in [0.5, 0.6) is 0 Å². The van der Waals surface area contributed by atoms with E-state index >= 15 is 0 Å². The molecule has 0 radical (unpaired) electrons. The van der Waals surface area contributed by atoms with Crippen molar-refractivity contribution in [3.63, 3.8) is 0 Å². The molecule has 0 saturated heterocycles. The summed E-state index contributed by atoms with van der Waals surface area (Å²) in [5.74, 6) is 3.06. The maximum Gasteiger partial charge on any atom is 0.188 e. The number of hydrogen-bond donors (Lipinski definition) is 0. The molecule has 148 valence electrons. The number of aromatic nitrogens is 7. The molecule has 0 amide bonds. The largest absolute Gasteiger partial charge is 0.343 e. The minimum absolute atomic E-state index is 0.0158. The lowest BCUT2D eigenvalue weighted by Crippen LogP contribution is -2.38. The molecule has 0 N–H and O–H groups in total. The molecule has 1 unspecified atom stereocenters. The predicted octanol–water partition coefficient (Wildman–Crippen LogP) is 3.23. The number of benzene rings is 1. The van der Waals surface area contributed by atoms with E-state index < -0.39 is 0 Å². The van der Waals surface area contributed by atoms with Gasteiger partial charge in [0.05, 0.1) is 11.6 Å². The monoisotopic (exact) mass is 392 g/mol. The molecule has 0 saturated carbocycles. The fourth-order valence-electron chi connectivity index (χ4n) is 3.89. The van der Waals surface area contributed by atoms with Crippen molar-refractivity contribution in [3.8, 4) is 11.4 Å². The van der Waals surface area contributed by atoms with Crippen LogP contribution in [-0.2, 0) is 6.54 Å². The summed E-state index contributed by atoms with van der Waals surface area (Å²) in [6.45, 7) is 7.92. The lowest BCUT2D eigenvalue weighted by Gasteiger charge is -2.34. The standard InChI is InChI=1S/C20H21FN8/c1-12(2)18-23-24-19-13(3)27(10-11-28(18)19)17-9-8-16-22-25-20(29(16)26-17)14-6-4-5-7-15(14)21/h4-9,12-13H,10-11H2,1-3H3. The van der Waals surface area contributed by atoms with Crippen LogP contribution in [0.1, 0.15) is 44.4 Å². The molecular formula is C20H21FN8. The van der Waals surface area contributed by atoms with Gasteiger partial charge < -0.3 is 9.47 Å². The van der Waals surface area contributed by atoms with Crippen molar-refractivity contribution < 1.29 is 4.39 Å². The lowest BCUT2D eigenvalue weighted by molar-refractivity contribution is 0.475. The second kappa shape index (κ2) is 6.61. The third kappa shape index (κ3) is 2.76. The van der Waals surface area contributed by atoms with E-state index in [1.807, 2.05) is 12.1 Å². The molecule has 4 aromatic rings. The van der Waals surface area contributed by atoms with Crippen LogP contribution in [0.2, 0.25) is 0 Å². The van der Waals surface area contributed by atoms with Crippen molar-refractivity contribution in [2.45, 2.75) is 39.3 Å². The van der Waals surface area contributed by atoms with E-state index in [-0.39, 0.29) is 11.9 Å². The highest BCUT2D eigenvalue weighted by atomic mass is 19.1. The SMILES string of the molecule is CC(C)c1nnc2n1CCN(c1ccc3nnc(-c4ccccc4F)n3n1)C2C. The van der Waals surface area contributed by atoms with E-state index in [1.54, 1.807) is 22.7 Å². The van der Waals surface area contributed by atoms with Crippen molar-refractivity contribution in [1.29, 1.82) is 0 Å². The van der Waals surface area contributed by atoms with Gasteiger partial charge in [-0.3, -0.25) is 0 Å². The van der Waals surface area contributed by atoms with Crippen molar-refractivity contribution in [2.24, 2.45) is 0 Å². The normalized spacial score (nSPS) is 16.6. The van der Waals surface area contributed by atoms with Gasteiger partial charge in [-0.25, -0.2) is 4.39 Å². The van der Waals surface area contributed by atoms with Gasteiger partial charge in [0.15, 0.2) is 17.3 Å². The van der Waals surface area contributed by atoms with Gasteiger partial charge in [-0.15, -0.1) is 25.5 Å². The van der Waals surface area contributed by atoms with E-state index in [0.717, 1.165) is 30.6 Å². The average Bonchev–Trinajstić information content (AvgIpc) is 3.33. The van der Waals surface area contributed by atoms with Gasteiger partial charge in [-0.1, -0.05) is 26.0 Å². The zero-order chi connectivity index (χ0) is 20.1. The molecule has 3 aromatic heterocycles. The minimum atomic E-state index is -0.352. The fraction of sp³-hybridized carbons (Fsp3) is 0.350.